The van der Waals surface area contributed by atoms with E-state index in [0.29, 0.717) is 18.1 Å². The highest BCUT2D eigenvalue weighted by atomic mass is 32.1. The minimum absolute atomic E-state index is 0.368. The van der Waals surface area contributed by atoms with E-state index in [0.717, 1.165) is 21.2 Å². The zero-order valence-corrected chi connectivity index (χ0v) is 12.1. The van der Waals surface area contributed by atoms with E-state index in [1.165, 1.54) is 11.3 Å². The van der Waals surface area contributed by atoms with Crippen LogP contribution in [0, 0.1) is 0 Å². The summed E-state index contributed by atoms with van der Waals surface area (Å²) in [6.07, 6.45) is 0. The third kappa shape index (κ3) is 3.29. The van der Waals surface area contributed by atoms with Crippen molar-refractivity contribution in [2.45, 2.75) is 13.2 Å². The topological polar surface area (TPSA) is 46.5 Å². The number of hydrogen-bond acceptors (Lipinski definition) is 3. The van der Waals surface area contributed by atoms with Gasteiger partial charge in [0.15, 0.2) is 0 Å². The Morgan fingerprint density at radius 2 is 1.76 bits per heavy atom. The number of rotatable bonds is 5. The van der Waals surface area contributed by atoms with E-state index in [1.54, 1.807) is 6.07 Å². The molecule has 0 saturated carbocycles. The Balaban J connectivity index is 1.68. The van der Waals surface area contributed by atoms with Crippen LogP contribution >= 0.6 is 11.3 Å². The Morgan fingerprint density at radius 3 is 2.52 bits per heavy atom. The Kier molecular flexibility index (Phi) is 3.99. The average molecular weight is 298 g/mol. The second kappa shape index (κ2) is 6.08. The van der Waals surface area contributed by atoms with Crippen LogP contribution in [0.15, 0.2) is 54.6 Å². The van der Waals surface area contributed by atoms with E-state index in [1.807, 2.05) is 48.5 Å². The Labute approximate surface area is 126 Å². The number of fused-ring (bicyclic) bond motifs is 1. The maximum atomic E-state index is 11.0. The largest absolute Gasteiger partial charge is 0.477 e. The molecule has 1 heterocycles. The highest BCUT2D eigenvalue weighted by Gasteiger charge is 2.08. The van der Waals surface area contributed by atoms with Gasteiger partial charge in [-0.15, -0.1) is 11.3 Å². The van der Waals surface area contributed by atoms with E-state index < -0.39 is 5.97 Å². The molecule has 0 radical (unpaired) electrons. The molecular formula is C17H14O3S. The molecule has 0 unspecified atom stereocenters. The molecule has 0 atom stereocenters. The van der Waals surface area contributed by atoms with E-state index in [9.17, 15) is 4.79 Å². The highest BCUT2D eigenvalue weighted by Crippen LogP contribution is 2.27. The molecule has 0 aliphatic carbocycles. The predicted octanol–water partition coefficient (Wildman–Crippen LogP) is 4.32. The van der Waals surface area contributed by atoms with E-state index in [-0.39, 0.29) is 0 Å². The second-order valence-corrected chi connectivity index (χ2v) is 5.85. The van der Waals surface area contributed by atoms with Crippen LogP contribution in [0.1, 0.15) is 20.8 Å². The number of thiophene rings is 1. The minimum atomic E-state index is -0.877. The van der Waals surface area contributed by atoms with Crippen LogP contribution in [0.3, 0.4) is 0 Å². The number of carbonyl (C=O) groups is 1. The van der Waals surface area contributed by atoms with Gasteiger partial charge in [0.25, 0.3) is 0 Å². The van der Waals surface area contributed by atoms with Gasteiger partial charge in [0.1, 0.15) is 4.88 Å². The molecular weight excluding hydrogens is 284 g/mol. The minimum Gasteiger partial charge on any atom is -0.477 e. The van der Waals surface area contributed by atoms with Gasteiger partial charge >= 0.3 is 5.97 Å². The maximum absolute atomic E-state index is 11.0. The summed E-state index contributed by atoms with van der Waals surface area (Å²) in [6, 6.07) is 17.6. The van der Waals surface area contributed by atoms with Crippen LogP contribution in [0.4, 0.5) is 0 Å². The molecule has 0 spiro atoms. The summed E-state index contributed by atoms with van der Waals surface area (Å²) < 4.78 is 6.68. The molecule has 3 nitrogen and oxygen atoms in total. The van der Waals surface area contributed by atoms with Gasteiger partial charge < -0.3 is 9.84 Å². The van der Waals surface area contributed by atoms with Gasteiger partial charge in [-0.3, -0.25) is 0 Å². The van der Waals surface area contributed by atoms with Gasteiger partial charge in [-0.1, -0.05) is 42.5 Å². The molecule has 2 aromatic carbocycles. The zero-order chi connectivity index (χ0) is 14.7. The van der Waals surface area contributed by atoms with Crippen molar-refractivity contribution in [1.29, 1.82) is 0 Å². The molecule has 0 saturated heterocycles. The summed E-state index contributed by atoms with van der Waals surface area (Å²) >= 11 is 1.29. The molecule has 1 aromatic heterocycles. The number of carboxylic acids is 1. The fraction of sp³-hybridized carbons (Fsp3) is 0.118. The van der Waals surface area contributed by atoms with Gasteiger partial charge in [0.05, 0.1) is 13.2 Å². The van der Waals surface area contributed by atoms with Gasteiger partial charge in [-0.2, -0.15) is 0 Å². The molecule has 0 amide bonds. The average Bonchev–Trinajstić information content (AvgIpc) is 2.92. The molecule has 0 aliphatic heterocycles. The Morgan fingerprint density at radius 1 is 1.00 bits per heavy atom. The second-order valence-electron chi connectivity index (χ2n) is 4.77. The normalized spacial score (nSPS) is 10.9. The van der Waals surface area contributed by atoms with Crippen LogP contribution < -0.4 is 0 Å². The lowest BCUT2D eigenvalue weighted by molar-refractivity contribution is 0.0702. The van der Waals surface area contributed by atoms with E-state index >= 15 is 0 Å². The first-order valence-electron chi connectivity index (χ1n) is 6.60. The van der Waals surface area contributed by atoms with Crippen molar-refractivity contribution >= 4 is 27.4 Å². The first kappa shape index (κ1) is 13.8. The van der Waals surface area contributed by atoms with Gasteiger partial charge in [-0.25, -0.2) is 4.79 Å². The van der Waals surface area contributed by atoms with Gasteiger partial charge in [-0.05, 0) is 28.6 Å². The standard InChI is InChI=1S/C17H14O3S/c18-17(19)16-9-14-7-6-13(8-15(14)21-16)11-20-10-12-4-2-1-3-5-12/h1-9H,10-11H2,(H,18,19). The van der Waals surface area contributed by atoms with Crippen molar-refractivity contribution < 1.29 is 14.6 Å². The van der Waals surface area contributed by atoms with Gasteiger partial charge in [0, 0.05) is 4.70 Å². The zero-order valence-electron chi connectivity index (χ0n) is 11.3. The van der Waals surface area contributed by atoms with Crippen molar-refractivity contribution in [3.8, 4) is 0 Å². The first-order valence-corrected chi connectivity index (χ1v) is 7.41. The predicted molar refractivity (Wildman–Crippen MR) is 83.7 cm³/mol. The summed E-state index contributed by atoms with van der Waals surface area (Å²) in [7, 11) is 0. The number of ether oxygens (including phenoxy) is 1. The molecule has 21 heavy (non-hydrogen) atoms. The Hall–Kier alpha value is -2.17. The first-order chi connectivity index (χ1) is 10.2. The molecule has 106 valence electrons. The lowest BCUT2D eigenvalue weighted by atomic mass is 10.2. The maximum Gasteiger partial charge on any atom is 0.345 e. The van der Waals surface area contributed by atoms with Gasteiger partial charge in [0.2, 0.25) is 0 Å². The monoisotopic (exact) mass is 298 g/mol. The summed E-state index contributed by atoms with van der Waals surface area (Å²) in [5.41, 5.74) is 2.19. The van der Waals surface area contributed by atoms with Crippen LogP contribution in [0.25, 0.3) is 10.1 Å². The third-order valence-corrected chi connectivity index (χ3v) is 4.26. The number of benzene rings is 2. The van der Waals surface area contributed by atoms with Crippen molar-refractivity contribution in [3.63, 3.8) is 0 Å². The van der Waals surface area contributed by atoms with Crippen LogP contribution in [0.5, 0.6) is 0 Å². The molecule has 3 aromatic rings. The summed E-state index contributed by atoms with van der Waals surface area (Å²) in [6.45, 7) is 1.09. The quantitative estimate of drug-likeness (QED) is 0.763. The molecule has 1 N–H and O–H groups in total. The number of carboxylic acid groups (broad SMARTS) is 1. The van der Waals surface area contributed by atoms with E-state index in [4.69, 9.17) is 9.84 Å². The lowest BCUT2D eigenvalue weighted by Gasteiger charge is -2.04. The molecule has 0 fully saturated rings. The molecule has 0 bridgehead atoms. The summed E-state index contributed by atoms with van der Waals surface area (Å²) in [5, 5.41) is 9.97. The smallest absolute Gasteiger partial charge is 0.345 e. The SMILES string of the molecule is O=C(O)c1cc2ccc(COCc3ccccc3)cc2s1. The fourth-order valence-electron chi connectivity index (χ4n) is 2.13. The summed E-state index contributed by atoms with van der Waals surface area (Å²) in [5.74, 6) is -0.877. The van der Waals surface area contributed by atoms with Crippen molar-refractivity contribution in [2.24, 2.45) is 0 Å². The fourth-order valence-corrected chi connectivity index (χ4v) is 3.10. The van der Waals surface area contributed by atoms with Crippen LogP contribution in [-0.2, 0) is 18.0 Å². The lowest BCUT2D eigenvalue weighted by Crippen LogP contribution is -1.93. The summed E-state index contributed by atoms with van der Waals surface area (Å²) in [4.78, 5) is 11.3. The Bertz CT molecular complexity index is 762. The third-order valence-electron chi connectivity index (χ3n) is 3.18. The molecule has 3 rings (SSSR count). The van der Waals surface area contributed by atoms with Crippen molar-refractivity contribution in [3.05, 3.63) is 70.6 Å². The van der Waals surface area contributed by atoms with Crippen LogP contribution in [0.2, 0.25) is 0 Å². The molecule has 4 heteroatoms. The van der Waals surface area contributed by atoms with E-state index in [2.05, 4.69) is 0 Å². The van der Waals surface area contributed by atoms with Crippen LogP contribution in [-0.4, -0.2) is 11.1 Å². The highest BCUT2D eigenvalue weighted by molar-refractivity contribution is 7.20. The number of hydrogen-bond donors (Lipinski definition) is 1. The van der Waals surface area contributed by atoms with Crippen molar-refractivity contribution in [2.75, 3.05) is 0 Å². The molecule has 0 aliphatic rings. The van der Waals surface area contributed by atoms with Crippen molar-refractivity contribution in [1.82, 2.24) is 0 Å². The number of aromatic carboxylic acids is 1.